The van der Waals surface area contributed by atoms with Crippen molar-refractivity contribution in [3.8, 4) is 0 Å². The molecule has 0 saturated carbocycles. The van der Waals surface area contributed by atoms with Gasteiger partial charge in [-0.25, -0.2) is 4.39 Å². The maximum Gasteiger partial charge on any atom is 0.310 e. The number of esters is 1. The monoisotopic (exact) mass is 330 g/mol. The Hall–Kier alpha value is -1.36. The van der Waals surface area contributed by atoms with E-state index < -0.39 is 5.82 Å². The van der Waals surface area contributed by atoms with Crippen LogP contribution in [-0.4, -0.2) is 19.2 Å². The van der Waals surface area contributed by atoms with Crippen molar-refractivity contribution in [3.63, 3.8) is 0 Å². The van der Waals surface area contributed by atoms with E-state index in [-0.39, 0.29) is 12.4 Å². The van der Waals surface area contributed by atoms with Crippen molar-refractivity contribution in [3.05, 3.63) is 39.8 Å². The van der Waals surface area contributed by atoms with Crippen LogP contribution in [0.4, 0.5) is 4.39 Å². The summed E-state index contributed by atoms with van der Waals surface area (Å²) in [5.41, 5.74) is 1.28. The van der Waals surface area contributed by atoms with E-state index in [1.807, 2.05) is 6.92 Å². The van der Waals surface area contributed by atoms with Crippen LogP contribution < -0.4 is 0 Å². The summed E-state index contributed by atoms with van der Waals surface area (Å²) in [6, 6.07) is 2.94. The van der Waals surface area contributed by atoms with Crippen LogP contribution >= 0.6 is 15.9 Å². The zero-order chi connectivity index (χ0) is 14.3. The first kappa shape index (κ1) is 15.7. The van der Waals surface area contributed by atoms with Crippen LogP contribution in [0.15, 0.2) is 22.9 Å². The van der Waals surface area contributed by atoms with Crippen molar-refractivity contribution in [2.45, 2.75) is 20.3 Å². The highest BCUT2D eigenvalue weighted by atomic mass is 79.9. The highest BCUT2D eigenvalue weighted by molar-refractivity contribution is 9.10. The molecule has 1 aromatic carbocycles. The highest BCUT2D eigenvalue weighted by Crippen LogP contribution is 2.23. The number of hydrogen-bond acceptors (Lipinski definition) is 3. The van der Waals surface area contributed by atoms with Gasteiger partial charge in [0.15, 0.2) is 0 Å². The Morgan fingerprint density at radius 2 is 2.11 bits per heavy atom. The molecule has 0 radical (unpaired) electrons. The van der Waals surface area contributed by atoms with Gasteiger partial charge in [-0.15, -0.1) is 0 Å². The zero-order valence-corrected chi connectivity index (χ0v) is 12.5. The van der Waals surface area contributed by atoms with Crippen LogP contribution in [0.2, 0.25) is 0 Å². The molecule has 0 N–H and O–H groups in total. The summed E-state index contributed by atoms with van der Waals surface area (Å²) in [5, 5.41) is 0. The van der Waals surface area contributed by atoms with E-state index in [1.54, 1.807) is 19.1 Å². The molecular weight excluding hydrogens is 315 g/mol. The van der Waals surface area contributed by atoms with Gasteiger partial charge >= 0.3 is 5.97 Å². The fraction of sp³-hybridized carbons (Fsp3) is 0.357. The molecule has 0 heterocycles. The predicted molar refractivity (Wildman–Crippen MR) is 75.1 cm³/mol. The molecule has 3 nitrogen and oxygen atoms in total. The Morgan fingerprint density at radius 1 is 1.37 bits per heavy atom. The molecule has 104 valence electrons. The average Bonchev–Trinajstić information content (AvgIpc) is 2.35. The average molecular weight is 331 g/mol. The van der Waals surface area contributed by atoms with Gasteiger partial charge in [-0.05, 0) is 59.1 Å². The molecule has 0 atom stereocenters. The number of carbonyl (C=O) groups is 1. The van der Waals surface area contributed by atoms with Crippen LogP contribution in [-0.2, 0) is 20.7 Å². The van der Waals surface area contributed by atoms with Crippen molar-refractivity contribution >= 4 is 28.0 Å². The molecule has 5 heteroatoms. The third-order valence-corrected chi connectivity index (χ3v) is 2.94. The number of carbonyl (C=O) groups excluding carboxylic acids is 1. The van der Waals surface area contributed by atoms with Crippen molar-refractivity contribution in [2.24, 2.45) is 0 Å². The second kappa shape index (κ2) is 7.94. The van der Waals surface area contributed by atoms with E-state index in [9.17, 15) is 9.18 Å². The SMILES string of the molecule is CCOC=Cc1cc(Br)c(F)cc1CC(=O)OCC. The fourth-order valence-electron chi connectivity index (χ4n) is 1.50. The van der Waals surface area contributed by atoms with Gasteiger partial charge in [-0.3, -0.25) is 4.79 Å². The Bertz CT molecular complexity index is 472. The molecular formula is C14H16BrFO3. The number of ether oxygens (including phenoxy) is 2. The minimum Gasteiger partial charge on any atom is -0.501 e. The van der Waals surface area contributed by atoms with Crippen molar-refractivity contribution in [1.82, 2.24) is 0 Å². The summed E-state index contributed by atoms with van der Waals surface area (Å²) in [4.78, 5) is 11.5. The first-order valence-corrected chi connectivity index (χ1v) is 6.79. The van der Waals surface area contributed by atoms with Gasteiger partial charge in [0.2, 0.25) is 0 Å². The molecule has 1 aromatic rings. The van der Waals surface area contributed by atoms with E-state index in [0.717, 1.165) is 5.56 Å². The van der Waals surface area contributed by atoms with Crippen LogP contribution in [0, 0.1) is 5.82 Å². The molecule has 0 aromatic heterocycles. The maximum absolute atomic E-state index is 13.5. The lowest BCUT2D eigenvalue weighted by Gasteiger charge is -2.08. The highest BCUT2D eigenvalue weighted by Gasteiger charge is 2.11. The predicted octanol–water partition coefficient (Wildman–Crippen LogP) is 3.70. The lowest BCUT2D eigenvalue weighted by molar-refractivity contribution is -0.142. The third-order valence-electron chi connectivity index (χ3n) is 2.33. The lowest BCUT2D eigenvalue weighted by atomic mass is 10.0. The molecule has 0 aliphatic rings. The molecule has 19 heavy (non-hydrogen) atoms. The molecule has 0 unspecified atom stereocenters. The van der Waals surface area contributed by atoms with Crippen LogP contribution in [0.3, 0.4) is 0 Å². The summed E-state index contributed by atoms with van der Waals surface area (Å²) in [7, 11) is 0. The van der Waals surface area contributed by atoms with Gasteiger partial charge in [0, 0.05) is 0 Å². The Kier molecular flexibility index (Phi) is 6.56. The first-order valence-electron chi connectivity index (χ1n) is 6.00. The minimum absolute atomic E-state index is 0.0316. The Balaban J connectivity index is 2.98. The number of hydrogen-bond donors (Lipinski definition) is 0. The lowest BCUT2D eigenvalue weighted by Crippen LogP contribution is -2.09. The number of rotatable bonds is 6. The van der Waals surface area contributed by atoms with E-state index in [0.29, 0.717) is 23.2 Å². The standard InChI is InChI=1S/C14H16BrFO3/c1-3-18-6-5-10-7-12(15)13(16)8-11(10)9-14(17)19-4-2/h5-8H,3-4,9H2,1-2H3. The van der Waals surface area contributed by atoms with Gasteiger partial charge < -0.3 is 9.47 Å². The molecule has 0 spiro atoms. The third kappa shape index (κ3) is 5.03. The normalized spacial score (nSPS) is 10.7. The van der Waals surface area contributed by atoms with Crippen molar-refractivity contribution in [1.29, 1.82) is 0 Å². The largest absolute Gasteiger partial charge is 0.501 e. The van der Waals surface area contributed by atoms with Gasteiger partial charge in [-0.2, -0.15) is 0 Å². The Morgan fingerprint density at radius 3 is 2.74 bits per heavy atom. The maximum atomic E-state index is 13.5. The van der Waals surface area contributed by atoms with Crippen LogP contribution in [0.5, 0.6) is 0 Å². The van der Waals surface area contributed by atoms with Crippen LogP contribution in [0.25, 0.3) is 6.08 Å². The van der Waals surface area contributed by atoms with Crippen molar-refractivity contribution in [2.75, 3.05) is 13.2 Å². The quantitative estimate of drug-likeness (QED) is 0.589. The van der Waals surface area contributed by atoms with E-state index in [4.69, 9.17) is 9.47 Å². The van der Waals surface area contributed by atoms with Gasteiger partial charge in [0.05, 0.1) is 30.4 Å². The summed E-state index contributed by atoms with van der Waals surface area (Å²) < 4.78 is 23.9. The van der Waals surface area contributed by atoms with Crippen LogP contribution in [0.1, 0.15) is 25.0 Å². The number of halogens is 2. The van der Waals surface area contributed by atoms with Gasteiger partial charge in [-0.1, -0.05) is 0 Å². The molecule has 0 aliphatic heterocycles. The van der Waals surface area contributed by atoms with E-state index >= 15 is 0 Å². The summed E-state index contributed by atoms with van der Waals surface area (Å²) in [6.07, 6.45) is 3.25. The summed E-state index contributed by atoms with van der Waals surface area (Å²) in [5.74, 6) is -0.789. The molecule has 0 bridgehead atoms. The molecule has 0 saturated heterocycles. The van der Waals surface area contributed by atoms with Gasteiger partial charge in [0.1, 0.15) is 5.82 Å². The first-order chi connectivity index (χ1) is 9.08. The molecule has 0 amide bonds. The fourth-order valence-corrected chi connectivity index (χ4v) is 1.86. The zero-order valence-electron chi connectivity index (χ0n) is 10.9. The smallest absolute Gasteiger partial charge is 0.310 e. The summed E-state index contributed by atoms with van der Waals surface area (Å²) in [6.45, 7) is 4.45. The van der Waals surface area contributed by atoms with Crippen molar-refractivity contribution < 1.29 is 18.7 Å². The summed E-state index contributed by atoms with van der Waals surface area (Å²) >= 11 is 3.12. The number of benzene rings is 1. The Labute approximate surface area is 120 Å². The molecule has 0 aliphatic carbocycles. The van der Waals surface area contributed by atoms with E-state index in [2.05, 4.69) is 15.9 Å². The second-order valence-electron chi connectivity index (χ2n) is 3.71. The minimum atomic E-state index is -0.409. The second-order valence-corrected chi connectivity index (χ2v) is 4.56. The molecule has 1 rings (SSSR count). The van der Waals surface area contributed by atoms with Gasteiger partial charge in [0.25, 0.3) is 0 Å². The van der Waals surface area contributed by atoms with E-state index in [1.165, 1.54) is 12.3 Å². The molecule has 0 fully saturated rings. The topological polar surface area (TPSA) is 35.5 Å².